The Kier molecular flexibility index (Phi) is 5.02. The van der Waals surface area contributed by atoms with Crippen LogP contribution in [0.25, 0.3) is 0 Å². The summed E-state index contributed by atoms with van der Waals surface area (Å²) in [5.41, 5.74) is 1.77. The maximum Gasteiger partial charge on any atom is 0.305 e. The zero-order chi connectivity index (χ0) is 14.5. The van der Waals surface area contributed by atoms with Gasteiger partial charge in [0.25, 0.3) is 0 Å². The largest absolute Gasteiger partial charge is 0.469 e. The highest BCUT2D eigenvalue weighted by Gasteiger charge is 2.22. The lowest BCUT2D eigenvalue weighted by molar-refractivity contribution is -0.141. The van der Waals surface area contributed by atoms with E-state index in [1.165, 1.54) is 7.11 Å². The number of methoxy groups -OCH3 is 1. The maximum absolute atomic E-state index is 11.3. The lowest BCUT2D eigenvalue weighted by atomic mass is 9.93. The number of anilines is 1. The summed E-state index contributed by atoms with van der Waals surface area (Å²) in [6, 6.07) is 7.94. The number of carbonyl (C=O) groups is 1. The van der Waals surface area contributed by atoms with Crippen molar-refractivity contribution in [1.29, 1.82) is 5.26 Å². The second-order valence-electron chi connectivity index (χ2n) is 4.99. The number of ether oxygens (including phenoxy) is 1. The summed E-state index contributed by atoms with van der Waals surface area (Å²) in [6.45, 7) is 1.86. The summed E-state index contributed by atoms with van der Waals surface area (Å²) in [4.78, 5) is 13.6. The van der Waals surface area contributed by atoms with E-state index in [1.807, 2.05) is 18.2 Å². The van der Waals surface area contributed by atoms with E-state index < -0.39 is 0 Å². The molecule has 1 aliphatic rings. The number of rotatable bonds is 3. The molecular formula is C15H17BrN2O2. The number of esters is 1. The fourth-order valence-corrected chi connectivity index (χ4v) is 2.96. The third kappa shape index (κ3) is 3.51. The van der Waals surface area contributed by atoms with Gasteiger partial charge in [0.05, 0.1) is 12.7 Å². The molecule has 2 rings (SSSR count). The second kappa shape index (κ2) is 6.76. The second-order valence-corrected chi connectivity index (χ2v) is 5.84. The van der Waals surface area contributed by atoms with Crippen molar-refractivity contribution in [1.82, 2.24) is 0 Å². The Labute approximate surface area is 127 Å². The van der Waals surface area contributed by atoms with Crippen molar-refractivity contribution < 1.29 is 9.53 Å². The molecule has 1 fully saturated rings. The van der Waals surface area contributed by atoms with Gasteiger partial charge in [-0.15, -0.1) is 0 Å². The van der Waals surface area contributed by atoms with Crippen molar-refractivity contribution >= 4 is 27.6 Å². The van der Waals surface area contributed by atoms with Crippen LogP contribution in [0.5, 0.6) is 0 Å². The van der Waals surface area contributed by atoms with Crippen molar-refractivity contribution in [2.45, 2.75) is 19.3 Å². The minimum Gasteiger partial charge on any atom is -0.469 e. The van der Waals surface area contributed by atoms with Gasteiger partial charge in [-0.2, -0.15) is 5.26 Å². The Balaban J connectivity index is 1.95. The van der Waals surface area contributed by atoms with E-state index in [-0.39, 0.29) is 5.97 Å². The average Bonchev–Trinajstić information content (AvgIpc) is 2.47. The minimum absolute atomic E-state index is 0.121. The lowest BCUT2D eigenvalue weighted by Gasteiger charge is -2.33. The SMILES string of the molecule is COC(=O)CC1CCN(c2ccc(C#N)c(Br)c2)CC1. The van der Waals surface area contributed by atoms with Crippen LogP contribution in [0.3, 0.4) is 0 Å². The number of nitrogens with zero attached hydrogens (tertiary/aromatic N) is 2. The van der Waals surface area contributed by atoms with E-state index in [4.69, 9.17) is 10.00 Å². The van der Waals surface area contributed by atoms with Gasteiger partial charge >= 0.3 is 5.97 Å². The first-order valence-corrected chi connectivity index (χ1v) is 7.44. The number of carbonyl (C=O) groups excluding carboxylic acids is 1. The van der Waals surface area contributed by atoms with Crippen molar-refractivity contribution in [2.24, 2.45) is 5.92 Å². The summed E-state index contributed by atoms with van der Waals surface area (Å²) in [7, 11) is 1.44. The first kappa shape index (κ1) is 14.9. The fourth-order valence-electron chi connectivity index (χ4n) is 2.51. The quantitative estimate of drug-likeness (QED) is 0.796. The molecule has 1 aromatic rings. The summed E-state index contributed by atoms with van der Waals surface area (Å²) in [5, 5.41) is 8.92. The van der Waals surface area contributed by atoms with E-state index in [9.17, 15) is 4.79 Å². The summed E-state index contributed by atoms with van der Waals surface area (Å²) in [6.07, 6.45) is 2.50. The van der Waals surface area contributed by atoms with Gasteiger partial charge in [-0.05, 0) is 52.9 Å². The Bertz CT molecular complexity index is 531. The molecule has 1 aromatic carbocycles. The number of benzene rings is 1. The van der Waals surface area contributed by atoms with Crippen LogP contribution in [0.4, 0.5) is 5.69 Å². The van der Waals surface area contributed by atoms with Crippen molar-refractivity contribution in [3.05, 3.63) is 28.2 Å². The highest BCUT2D eigenvalue weighted by Crippen LogP contribution is 2.28. The van der Waals surface area contributed by atoms with E-state index in [0.29, 0.717) is 17.9 Å². The van der Waals surface area contributed by atoms with Crippen LogP contribution in [0.2, 0.25) is 0 Å². The molecule has 0 aromatic heterocycles. The molecule has 5 heteroatoms. The van der Waals surface area contributed by atoms with Crippen molar-refractivity contribution in [2.75, 3.05) is 25.1 Å². The molecule has 0 saturated carbocycles. The molecule has 1 heterocycles. The molecule has 0 spiro atoms. The Morgan fingerprint density at radius 3 is 2.75 bits per heavy atom. The number of piperidine rings is 1. The summed E-state index contributed by atoms with van der Waals surface area (Å²) < 4.78 is 5.54. The number of halogens is 1. The van der Waals surface area contributed by atoms with E-state index >= 15 is 0 Å². The topological polar surface area (TPSA) is 53.3 Å². The molecule has 20 heavy (non-hydrogen) atoms. The van der Waals surface area contributed by atoms with Crippen molar-refractivity contribution in [3.63, 3.8) is 0 Å². The lowest BCUT2D eigenvalue weighted by Crippen LogP contribution is -2.34. The van der Waals surface area contributed by atoms with Gasteiger partial charge < -0.3 is 9.64 Å². The highest BCUT2D eigenvalue weighted by molar-refractivity contribution is 9.10. The van der Waals surface area contributed by atoms with Crippen LogP contribution in [0.1, 0.15) is 24.8 Å². The van der Waals surface area contributed by atoms with Gasteiger partial charge in [-0.25, -0.2) is 0 Å². The predicted octanol–water partition coefficient (Wildman–Crippen LogP) is 3.10. The van der Waals surface area contributed by atoms with Crippen LogP contribution in [0, 0.1) is 17.2 Å². The van der Waals surface area contributed by atoms with Crippen LogP contribution in [-0.4, -0.2) is 26.2 Å². The molecule has 106 valence electrons. The van der Waals surface area contributed by atoms with Crippen LogP contribution >= 0.6 is 15.9 Å². The standard InChI is InChI=1S/C15H17BrN2O2/c1-20-15(19)8-11-4-6-18(7-5-11)13-3-2-12(10-17)14(16)9-13/h2-3,9,11H,4-8H2,1H3. The molecule has 0 unspecified atom stereocenters. The molecule has 4 nitrogen and oxygen atoms in total. The highest BCUT2D eigenvalue weighted by atomic mass is 79.9. The maximum atomic E-state index is 11.3. The molecule has 0 N–H and O–H groups in total. The van der Waals surface area contributed by atoms with Gasteiger partial charge in [-0.3, -0.25) is 4.79 Å². The van der Waals surface area contributed by atoms with E-state index in [0.717, 1.165) is 36.1 Å². The van der Waals surface area contributed by atoms with Crippen molar-refractivity contribution in [3.8, 4) is 6.07 Å². The molecule has 0 atom stereocenters. The van der Waals surface area contributed by atoms with Crippen LogP contribution < -0.4 is 4.90 Å². The van der Waals surface area contributed by atoms with E-state index in [2.05, 4.69) is 26.9 Å². The molecule has 1 aliphatic heterocycles. The van der Waals surface area contributed by atoms with Crippen LogP contribution in [0.15, 0.2) is 22.7 Å². The normalized spacial score (nSPS) is 15.8. The Hall–Kier alpha value is -1.54. The minimum atomic E-state index is -0.121. The van der Waals surface area contributed by atoms with Gasteiger partial charge in [-0.1, -0.05) is 0 Å². The first-order chi connectivity index (χ1) is 9.63. The third-order valence-electron chi connectivity index (χ3n) is 3.74. The predicted molar refractivity (Wildman–Crippen MR) is 80.4 cm³/mol. The number of hydrogen-bond donors (Lipinski definition) is 0. The third-order valence-corrected chi connectivity index (χ3v) is 4.39. The molecule has 0 radical (unpaired) electrons. The number of hydrogen-bond acceptors (Lipinski definition) is 4. The van der Waals surface area contributed by atoms with Crippen LogP contribution in [-0.2, 0) is 9.53 Å². The van der Waals surface area contributed by atoms with Gasteiger partial charge in [0.15, 0.2) is 0 Å². The molecule has 0 aliphatic carbocycles. The van der Waals surface area contributed by atoms with Gasteiger partial charge in [0, 0.05) is 29.7 Å². The fraction of sp³-hybridized carbons (Fsp3) is 0.467. The summed E-state index contributed by atoms with van der Waals surface area (Å²) in [5.74, 6) is 0.296. The molecule has 0 amide bonds. The zero-order valence-electron chi connectivity index (χ0n) is 11.4. The van der Waals surface area contributed by atoms with E-state index in [1.54, 1.807) is 0 Å². The smallest absolute Gasteiger partial charge is 0.305 e. The molecule has 0 bridgehead atoms. The summed E-state index contributed by atoms with van der Waals surface area (Å²) >= 11 is 3.42. The Morgan fingerprint density at radius 2 is 2.20 bits per heavy atom. The zero-order valence-corrected chi connectivity index (χ0v) is 13.0. The average molecular weight is 337 g/mol. The molecule has 1 saturated heterocycles. The monoisotopic (exact) mass is 336 g/mol. The first-order valence-electron chi connectivity index (χ1n) is 6.65. The Morgan fingerprint density at radius 1 is 1.50 bits per heavy atom. The van der Waals surface area contributed by atoms with Gasteiger partial charge in [0.2, 0.25) is 0 Å². The molecular weight excluding hydrogens is 320 g/mol. The number of nitriles is 1. The van der Waals surface area contributed by atoms with Gasteiger partial charge in [0.1, 0.15) is 6.07 Å².